The van der Waals surface area contributed by atoms with Gasteiger partial charge in [-0.05, 0) is 0 Å². The fourth-order valence-electron chi connectivity index (χ4n) is 1.08. The molecule has 0 spiro atoms. The minimum Gasteiger partial charge on any atom is -0.394 e. The molecule has 0 aromatic rings. The van der Waals surface area contributed by atoms with E-state index in [4.69, 9.17) is 25.5 Å². The molecule has 6 nitrogen and oxygen atoms in total. The Labute approximate surface area is 68.6 Å². The molecular formula is C6H12O6. The predicted molar refractivity (Wildman–Crippen MR) is 36.0 cm³/mol. The highest BCUT2D eigenvalue weighted by molar-refractivity contribution is 4.87. The number of aliphatic hydroxyl groups is 5. The van der Waals surface area contributed by atoms with Gasteiger partial charge in [0.15, 0.2) is 6.29 Å². The summed E-state index contributed by atoms with van der Waals surface area (Å²) in [5.74, 6) is 0. The van der Waals surface area contributed by atoms with Crippen molar-refractivity contribution in [3.8, 4) is 0 Å². The number of aliphatic hydroxyl groups excluding tert-OH is 5. The average Bonchev–Trinajstić information content (AvgIpc) is 2.08. The standard InChI is InChI=1S/C6H12O6/c7-1-2-3(8)4(9)5(10)6(11)12-2/h2-11H,1H2/t2?,3-,4?,5-,6+/m1/s1. The van der Waals surface area contributed by atoms with Crippen molar-refractivity contribution in [1.29, 1.82) is 0 Å². The van der Waals surface area contributed by atoms with E-state index in [9.17, 15) is 0 Å². The lowest BCUT2D eigenvalue weighted by atomic mass is 10.00. The van der Waals surface area contributed by atoms with Crippen molar-refractivity contribution in [2.24, 2.45) is 0 Å². The van der Waals surface area contributed by atoms with Crippen LogP contribution in [0.2, 0.25) is 0 Å². The Hall–Kier alpha value is -0.240. The lowest BCUT2D eigenvalue weighted by Crippen LogP contribution is -2.58. The van der Waals surface area contributed by atoms with Gasteiger partial charge in [-0.1, -0.05) is 0 Å². The Morgan fingerprint density at radius 2 is 1.50 bits per heavy atom. The van der Waals surface area contributed by atoms with Crippen LogP contribution in [0.5, 0.6) is 0 Å². The molecule has 1 fully saturated rings. The van der Waals surface area contributed by atoms with Crippen molar-refractivity contribution in [1.82, 2.24) is 0 Å². The van der Waals surface area contributed by atoms with Crippen LogP contribution in [0.25, 0.3) is 0 Å². The Bertz CT molecular complexity index is 146. The molecule has 2 unspecified atom stereocenters. The first-order valence-corrected chi connectivity index (χ1v) is 3.56. The van der Waals surface area contributed by atoms with Gasteiger partial charge in [-0.15, -0.1) is 0 Å². The van der Waals surface area contributed by atoms with E-state index in [-0.39, 0.29) is 0 Å². The second-order valence-corrected chi connectivity index (χ2v) is 2.72. The summed E-state index contributed by atoms with van der Waals surface area (Å²) < 4.78 is 4.58. The molecule has 12 heavy (non-hydrogen) atoms. The lowest BCUT2D eigenvalue weighted by Gasteiger charge is -2.37. The summed E-state index contributed by atoms with van der Waals surface area (Å²) in [7, 11) is 0. The maximum atomic E-state index is 9.12. The third kappa shape index (κ3) is 1.58. The topological polar surface area (TPSA) is 110 Å². The molecule has 1 saturated heterocycles. The van der Waals surface area contributed by atoms with Crippen LogP contribution in [0.3, 0.4) is 0 Å². The van der Waals surface area contributed by atoms with E-state index in [1.807, 2.05) is 0 Å². The van der Waals surface area contributed by atoms with Crippen LogP contribution in [0.4, 0.5) is 0 Å². The van der Waals surface area contributed by atoms with Gasteiger partial charge in [-0.25, -0.2) is 0 Å². The molecule has 0 aromatic carbocycles. The summed E-state index contributed by atoms with van der Waals surface area (Å²) in [6.07, 6.45) is -7.04. The molecular weight excluding hydrogens is 168 g/mol. The molecule has 5 atom stereocenters. The smallest absolute Gasteiger partial charge is 0.184 e. The van der Waals surface area contributed by atoms with Gasteiger partial charge in [0.1, 0.15) is 24.4 Å². The molecule has 1 rings (SSSR count). The number of ether oxygens (including phenoxy) is 1. The van der Waals surface area contributed by atoms with E-state index in [2.05, 4.69) is 4.74 Å². The number of rotatable bonds is 1. The first-order valence-electron chi connectivity index (χ1n) is 3.56. The van der Waals surface area contributed by atoms with E-state index in [1.54, 1.807) is 0 Å². The van der Waals surface area contributed by atoms with Crippen LogP contribution in [-0.4, -0.2) is 62.8 Å². The second kappa shape index (κ2) is 3.65. The van der Waals surface area contributed by atoms with Gasteiger partial charge in [0.05, 0.1) is 6.61 Å². The van der Waals surface area contributed by atoms with Crippen LogP contribution in [0.15, 0.2) is 0 Å². The third-order valence-corrected chi connectivity index (χ3v) is 1.87. The molecule has 6 heteroatoms. The van der Waals surface area contributed by atoms with Crippen molar-refractivity contribution < 1.29 is 30.3 Å². The highest BCUT2D eigenvalue weighted by Gasteiger charge is 2.42. The molecule has 0 bridgehead atoms. The van der Waals surface area contributed by atoms with Crippen LogP contribution in [0.1, 0.15) is 0 Å². The van der Waals surface area contributed by atoms with E-state index in [1.165, 1.54) is 0 Å². The summed E-state index contributed by atoms with van der Waals surface area (Å²) in [6.45, 7) is -0.526. The lowest BCUT2D eigenvalue weighted by molar-refractivity contribution is -0.286. The number of hydrogen-bond donors (Lipinski definition) is 5. The Balaban J connectivity index is 2.63. The zero-order chi connectivity index (χ0) is 9.30. The van der Waals surface area contributed by atoms with E-state index >= 15 is 0 Å². The molecule has 0 saturated carbocycles. The zero-order valence-corrected chi connectivity index (χ0v) is 6.24. The van der Waals surface area contributed by atoms with Crippen molar-refractivity contribution in [2.45, 2.75) is 30.7 Å². The van der Waals surface area contributed by atoms with Crippen molar-refractivity contribution >= 4 is 0 Å². The minimum absolute atomic E-state index is 0.526. The Morgan fingerprint density at radius 1 is 0.917 bits per heavy atom. The van der Waals surface area contributed by atoms with Gasteiger partial charge < -0.3 is 30.3 Å². The predicted octanol–water partition coefficient (Wildman–Crippen LogP) is -3.22. The molecule has 1 heterocycles. The van der Waals surface area contributed by atoms with Crippen LogP contribution in [-0.2, 0) is 4.74 Å². The summed E-state index contributed by atoms with van der Waals surface area (Å²) in [6, 6.07) is 0. The monoisotopic (exact) mass is 180 g/mol. The van der Waals surface area contributed by atoms with E-state index in [0.29, 0.717) is 0 Å². The first-order chi connectivity index (χ1) is 5.57. The van der Waals surface area contributed by atoms with Gasteiger partial charge in [-0.2, -0.15) is 0 Å². The fraction of sp³-hybridized carbons (Fsp3) is 1.00. The maximum absolute atomic E-state index is 9.12. The summed E-state index contributed by atoms with van der Waals surface area (Å²) >= 11 is 0. The second-order valence-electron chi connectivity index (χ2n) is 2.72. The molecule has 5 N–H and O–H groups in total. The Morgan fingerprint density at radius 3 is 2.00 bits per heavy atom. The average molecular weight is 180 g/mol. The molecule has 1 aliphatic rings. The van der Waals surface area contributed by atoms with Crippen molar-refractivity contribution in [3.63, 3.8) is 0 Å². The quantitative estimate of drug-likeness (QED) is 0.290. The highest BCUT2D eigenvalue weighted by atomic mass is 16.6. The fourth-order valence-corrected chi connectivity index (χ4v) is 1.08. The van der Waals surface area contributed by atoms with Crippen LogP contribution >= 0.6 is 0 Å². The molecule has 0 aliphatic carbocycles. The van der Waals surface area contributed by atoms with Crippen LogP contribution in [0, 0.1) is 0 Å². The van der Waals surface area contributed by atoms with Gasteiger partial charge in [0.2, 0.25) is 0 Å². The molecule has 0 aromatic heterocycles. The molecule has 0 radical (unpaired) electrons. The highest BCUT2D eigenvalue weighted by Crippen LogP contribution is 2.18. The van der Waals surface area contributed by atoms with Gasteiger partial charge >= 0.3 is 0 Å². The normalized spacial score (nSPS) is 49.2. The maximum Gasteiger partial charge on any atom is 0.184 e. The van der Waals surface area contributed by atoms with Gasteiger partial charge in [0, 0.05) is 0 Å². The zero-order valence-electron chi connectivity index (χ0n) is 6.24. The Kier molecular flexibility index (Phi) is 2.99. The van der Waals surface area contributed by atoms with Crippen molar-refractivity contribution in [2.75, 3.05) is 6.61 Å². The largest absolute Gasteiger partial charge is 0.394 e. The molecule has 72 valence electrons. The first kappa shape index (κ1) is 9.85. The SMILES string of the molecule is OCC1O[C@H](O)[C@H](O)C(O)[C@@H]1O. The molecule has 1 aliphatic heterocycles. The van der Waals surface area contributed by atoms with E-state index in [0.717, 1.165) is 0 Å². The summed E-state index contributed by atoms with van der Waals surface area (Å²) in [4.78, 5) is 0. The van der Waals surface area contributed by atoms with Crippen LogP contribution < -0.4 is 0 Å². The van der Waals surface area contributed by atoms with Gasteiger partial charge in [0.25, 0.3) is 0 Å². The minimum atomic E-state index is -1.57. The number of hydrogen-bond acceptors (Lipinski definition) is 6. The van der Waals surface area contributed by atoms with E-state index < -0.39 is 37.3 Å². The van der Waals surface area contributed by atoms with Gasteiger partial charge in [-0.3, -0.25) is 0 Å². The summed E-state index contributed by atoms with van der Waals surface area (Å²) in [5.41, 5.74) is 0. The van der Waals surface area contributed by atoms with Crippen molar-refractivity contribution in [3.05, 3.63) is 0 Å². The third-order valence-electron chi connectivity index (χ3n) is 1.87. The summed E-state index contributed by atoms with van der Waals surface area (Å²) in [5, 5.41) is 44.7. The molecule has 0 amide bonds.